The molecule has 8 N–H and O–H groups in total. The number of phenols is 2. The van der Waals surface area contributed by atoms with Gasteiger partial charge in [0.15, 0.2) is 12.1 Å². The van der Waals surface area contributed by atoms with Crippen LogP contribution in [-0.2, 0) is 14.2 Å². The van der Waals surface area contributed by atoms with E-state index in [0.717, 1.165) is 6.07 Å². The van der Waals surface area contributed by atoms with Gasteiger partial charge in [0.2, 0.25) is 6.29 Å². The topological polar surface area (TPSA) is 216 Å². The molecule has 13 nitrogen and oxygen atoms in total. The number of carbonyl (C=O) groups excluding carboxylic acids is 1. The fourth-order valence-electron chi connectivity index (χ4n) is 4.41. The first-order chi connectivity index (χ1) is 19.0. The molecule has 0 aromatic heterocycles. The van der Waals surface area contributed by atoms with Crippen molar-refractivity contribution in [2.24, 2.45) is 0 Å². The summed E-state index contributed by atoms with van der Waals surface area (Å²) in [6, 6.07) is 9.86. The van der Waals surface area contributed by atoms with Crippen molar-refractivity contribution in [2.75, 3.05) is 6.61 Å². The van der Waals surface area contributed by atoms with Crippen molar-refractivity contribution in [3.05, 3.63) is 59.7 Å². The van der Waals surface area contributed by atoms with Crippen LogP contribution in [0.25, 0.3) is 6.08 Å². The van der Waals surface area contributed by atoms with E-state index in [9.17, 15) is 45.6 Å². The van der Waals surface area contributed by atoms with Gasteiger partial charge in [-0.3, -0.25) is 4.79 Å². The van der Waals surface area contributed by atoms with Gasteiger partial charge in [0.1, 0.15) is 60.0 Å². The third-order valence-electron chi connectivity index (χ3n) is 6.71. The third-order valence-corrected chi connectivity index (χ3v) is 6.71. The highest BCUT2D eigenvalue weighted by Crippen LogP contribution is 2.32. The summed E-state index contributed by atoms with van der Waals surface area (Å²) in [7, 11) is 0. The fraction of sp³-hybridized carbons (Fsp3) is 0.444. The summed E-state index contributed by atoms with van der Waals surface area (Å²) < 4.78 is 22.3. The Bertz CT molecular complexity index is 1180. The number of phenolic OH excluding ortho intramolecular Hbond substituents is 2. The Labute approximate surface area is 228 Å². The van der Waals surface area contributed by atoms with Crippen molar-refractivity contribution in [3.63, 3.8) is 0 Å². The number of ketones is 1. The molecule has 0 amide bonds. The highest BCUT2D eigenvalue weighted by molar-refractivity contribution is 6.08. The van der Waals surface area contributed by atoms with Crippen LogP contribution in [0.4, 0.5) is 0 Å². The number of rotatable bonds is 8. The van der Waals surface area contributed by atoms with Gasteiger partial charge in [0.25, 0.3) is 0 Å². The van der Waals surface area contributed by atoms with Gasteiger partial charge in [-0.2, -0.15) is 0 Å². The number of ether oxygens (including phenoxy) is 4. The molecule has 0 bridgehead atoms. The number of benzene rings is 2. The van der Waals surface area contributed by atoms with Crippen molar-refractivity contribution in [2.45, 2.75) is 68.3 Å². The first kappa shape index (κ1) is 29.9. The van der Waals surface area contributed by atoms with E-state index in [0.29, 0.717) is 5.56 Å². The van der Waals surface area contributed by atoms with Gasteiger partial charge in [-0.1, -0.05) is 18.2 Å². The standard InChI is InChI=1S/C27H32O13/c1-12-25(40-27-23(35)21(33)20(32)19(11-28)39-27)22(34)24(36)26(37-12)38-18-10-15(30)7-8-16(18)17(31)9-4-13-2-5-14(29)6-3-13/h2-10,12,19-30,32-36H,11H2,1H3/b9-4+/t12?,19?,20-,21+,22-,23?,24?,25+,26+,27+/m1/s1. The number of hydrogen-bond acceptors (Lipinski definition) is 13. The molecule has 218 valence electrons. The lowest BCUT2D eigenvalue weighted by Gasteiger charge is -2.45. The van der Waals surface area contributed by atoms with Crippen LogP contribution in [0.5, 0.6) is 17.2 Å². The first-order valence-corrected chi connectivity index (χ1v) is 12.5. The van der Waals surface area contributed by atoms with Crippen molar-refractivity contribution >= 4 is 11.9 Å². The average Bonchev–Trinajstić information content (AvgIpc) is 2.93. The summed E-state index contributed by atoms with van der Waals surface area (Å²) in [4.78, 5) is 12.9. The smallest absolute Gasteiger partial charge is 0.229 e. The van der Waals surface area contributed by atoms with E-state index in [1.54, 1.807) is 12.1 Å². The molecule has 40 heavy (non-hydrogen) atoms. The second-order valence-corrected chi connectivity index (χ2v) is 9.58. The Morgan fingerprint density at radius 2 is 1.50 bits per heavy atom. The number of hydrogen-bond donors (Lipinski definition) is 8. The van der Waals surface area contributed by atoms with Gasteiger partial charge in [0, 0.05) is 6.07 Å². The summed E-state index contributed by atoms with van der Waals surface area (Å²) in [5.41, 5.74) is 0.659. The molecule has 0 spiro atoms. The first-order valence-electron chi connectivity index (χ1n) is 12.5. The maximum absolute atomic E-state index is 12.9. The van der Waals surface area contributed by atoms with E-state index in [1.165, 1.54) is 43.3 Å². The predicted molar refractivity (Wildman–Crippen MR) is 135 cm³/mol. The van der Waals surface area contributed by atoms with Gasteiger partial charge in [0.05, 0.1) is 18.3 Å². The molecule has 10 atom stereocenters. The molecular formula is C27H32O13. The fourth-order valence-corrected chi connectivity index (χ4v) is 4.41. The molecule has 2 aromatic rings. The van der Waals surface area contributed by atoms with E-state index < -0.39 is 73.8 Å². The van der Waals surface area contributed by atoms with Gasteiger partial charge >= 0.3 is 0 Å². The van der Waals surface area contributed by atoms with E-state index in [2.05, 4.69) is 0 Å². The maximum atomic E-state index is 12.9. The van der Waals surface area contributed by atoms with E-state index in [1.807, 2.05) is 0 Å². The van der Waals surface area contributed by atoms with Crippen LogP contribution in [0, 0.1) is 0 Å². The second kappa shape index (κ2) is 12.6. The number of aliphatic hydroxyl groups excluding tert-OH is 6. The number of aliphatic hydroxyl groups is 6. The molecule has 2 aromatic carbocycles. The van der Waals surface area contributed by atoms with E-state index in [-0.39, 0.29) is 22.8 Å². The van der Waals surface area contributed by atoms with Gasteiger partial charge < -0.3 is 59.8 Å². The minimum atomic E-state index is -1.75. The Morgan fingerprint density at radius 3 is 2.17 bits per heavy atom. The zero-order chi connectivity index (χ0) is 29.1. The van der Waals surface area contributed by atoms with Gasteiger partial charge in [-0.05, 0) is 42.8 Å². The molecule has 4 rings (SSSR count). The third kappa shape index (κ3) is 6.44. The molecule has 4 unspecified atom stereocenters. The SMILES string of the molecule is CC1O[C@@H](Oc2cc(O)ccc2C(=O)/C=C/c2ccc(O)cc2)C(O)[C@@H](O)[C@H]1O[C@@H]1OC(CO)[C@@H](O)[C@H](O)C1O. The molecule has 0 aliphatic carbocycles. The zero-order valence-corrected chi connectivity index (χ0v) is 21.3. The largest absolute Gasteiger partial charge is 0.508 e. The molecule has 2 saturated heterocycles. The van der Waals surface area contributed by atoms with Crippen molar-refractivity contribution < 1.29 is 64.6 Å². The van der Waals surface area contributed by atoms with Crippen LogP contribution >= 0.6 is 0 Å². The molecule has 2 aliphatic heterocycles. The maximum Gasteiger partial charge on any atom is 0.229 e. The van der Waals surface area contributed by atoms with Crippen LogP contribution in [0.2, 0.25) is 0 Å². The highest BCUT2D eigenvalue weighted by Gasteiger charge is 2.50. The lowest BCUT2D eigenvalue weighted by Crippen LogP contribution is -2.64. The molecule has 2 aliphatic rings. The van der Waals surface area contributed by atoms with Crippen LogP contribution in [0.3, 0.4) is 0 Å². The molecule has 0 saturated carbocycles. The van der Waals surface area contributed by atoms with Crippen LogP contribution < -0.4 is 4.74 Å². The average molecular weight is 565 g/mol. The Hall–Kier alpha value is -3.11. The minimum Gasteiger partial charge on any atom is -0.508 e. The Balaban J connectivity index is 1.47. The second-order valence-electron chi connectivity index (χ2n) is 9.58. The van der Waals surface area contributed by atoms with Crippen LogP contribution in [0.1, 0.15) is 22.8 Å². The quantitative estimate of drug-likeness (QED) is 0.143. The molecule has 2 heterocycles. The Kier molecular flexibility index (Phi) is 9.41. The number of allylic oxidation sites excluding steroid dienone is 1. The molecular weight excluding hydrogens is 532 g/mol. The van der Waals surface area contributed by atoms with Crippen molar-refractivity contribution in [3.8, 4) is 17.2 Å². The van der Waals surface area contributed by atoms with Gasteiger partial charge in [-0.15, -0.1) is 0 Å². The minimum absolute atomic E-state index is 0.0189. The molecule has 2 fully saturated rings. The van der Waals surface area contributed by atoms with E-state index >= 15 is 0 Å². The number of carbonyl (C=O) groups is 1. The summed E-state index contributed by atoms with van der Waals surface area (Å²) in [5, 5.41) is 80.5. The monoisotopic (exact) mass is 564 g/mol. The van der Waals surface area contributed by atoms with Crippen molar-refractivity contribution in [1.82, 2.24) is 0 Å². The van der Waals surface area contributed by atoms with Crippen LogP contribution in [0.15, 0.2) is 48.5 Å². The van der Waals surface area contributed by atoms with Crippen molar-refractivity contribution in [1.29, 1.82) is 0 Å². The summed E-state index contributed by atoms with van der Waals surface area (Å²) in [6.07, 6.45) is -12.4. The molecule has 13 heteroatoms. The predicted octanol–water partition coefficient (Wildman–Crippen LogP) is -0.976. The lowest BCUT2D eigenvalue weighted by molar-refractivity contribution is -0.348. The Morgan fingerprint density at radius 1 is 0.850 bits per heavy atom. The normalized spacial score (nSPS) is 34.6. The zero-order valence-electron chi connectivity index (χ0n) is 21.3. The highest BCUT2D eigenvalue weighted by atomic mass is 16.7. The van der Waals surface area contributed by atoms with E-state index in [4.69, 9.17) is 18.9 Å². The van der Waals surface area contributed by atoms with Gasteiger partial charge in [-0.25, -0.2) is 0 Å². The summed E-state index contributed by atoms with van der Waals surface area (Å²) >= 11 is 0. The number of aromatic hydroxyl groups is 2. The summed E-state index contributed by atoms with van der Waals surface area (Å²) in [6.45, 7) is 0.785. The summed E-state index contributed by atoms with van der Waals surface area (Å²) in [5.74, 6) is -0.819. The molecule has 0 radical (unpaired) electrons. The van der Waals surface area contributed by atoms with Crippen LogP contribution in [-0.4, -0.2) is 115 Å². The lowest BCUT2D eigenvalue weighted by atomic mass is 9.97.